The van der Waals surface area contributed by atoms with Gasteiger partial charge in [-0.05, 0) is 64.8 Å². The van der Waals surface area contributed by atoms with Crippen LogP contribution in [0.5, 0.6) is 11.6 Å². The van der Waals surface area contributed by atoms with E-state index in [2.05, 4.69) is 4.90 Å². The van der Waals surface area contributed by atoms with E-state index in [4.69, 9.17) is 19.3 Å². The molecule has 1 fully saturated rings. The lowest BCUT2D eigenvalue weighted by Crippen LogP contribution is -2.40. The van der Waals surface area contributed by atoms with Crippen LogP contribution in [-0.4, -0.2) is 63.9 Å². The third-order valence-electron chi connectivity index (χ3n) is 6.28. The standard InChI is InChI=1S/C29H37F2N3O4/c1-20-25(18-33(17-24-11-8-14-36-24)16-23(35)19-37-29(2,3)4)28(34(32-20)22-9-6-5-7-10-22)38-27-13-12-21(30)15-26(27)31/h5-7,9-10,12-13,15,23-24,35H,8,11,14,16-19H2,1-4H3. The molecular formula is C29H37F2N3O4. The molecule has 2 atom stereocenters. The molecule has 0 saturated carbocycles. The summed E-state index contributed by atoms with van der Waals surface area (Å²) >= 11 is 0. The molecule has 1 aromatic heterocycles. The van der Waals surface area contributed by atoms with Gasteiger partial charge >= 0.3 is 0 Å². The summed E-state index contributed by atoms with van der Waals surface area (Å²) in [5.41, 5.74) is 1.81. The van der Waals surface area contributed by atoms with E-state index >= 15 is 0 Å². The normalized spacial score (nSPS) is 16.8. The molecule has 1 aliphatic rings. The minimum Gasteiger partial charge on any atom is -0.435 e. The van der Waals surface area contributed by atoms with Crippen molar-refractivity contribution >= 4 is 0 Å². The maximum absolute atomic E-state index is 14.6. The lowest BCUT2D eigenvalue weighted by molar-refractivity contribution is -0.0594. The molecule has 0 aliphatic carbocycles. The molecule has 2 heterocycles. The van der Waals surface area contributed by atoms with Gasteiger partial charge in [0.25, 0.3) is 0 Å². The third-order valence-corrected chi connectivity index (χ3v) is 6.28. The summed E-state index contributed by atoms with van der Waals surface area (Å²) in [6.45, 7) is 9.95. The van der Waals surface area contributed by atoms with Gasteiger partial charge in [-0.2, -0.15) is 5.10 Å². The Morgan fingerprint density at radius 2 is 1.95 bits per heavy atom. The van der Waals surface area contributed by atoms with E-state index in [0.717, 1.165) is 42.8 Å². The molecule has 1 saturated heterocycles. The van der Waals surface area contributed by atoms with Gasteiger partial charge in [0.2, 0.25) is 5.88 Å². The largest absolute Gasteiger partial charge is 0.435 e. The van der Waals surface area contributed by atoms with Crippen LogP contribution in [0.1, 0.15) is 44.9 Å². The van der Waals surface area contributed by atoms with Crippen LogP contribution in [0.4, 0.5) is 8.78 Å². The average Bonchev–Trinajstić information content (AvgIpc) is 3.48. The molecule has 0 radical (unpaired) electrons. The molecular weight excluding hydrogens is 492 g/mol. The lowest BCUT2D eigenvalue weighted by Gasteiger charge is -2.29. The van der Waals surface area contributed by atoms with Gasteiger partial charge in [0.15, 0.2) is 11.6 Å². The highest BCUT2D eigenvalue weighted by molar-refractivity contribution is 5.43. The minimum absolute atomic E-state index is 0.0501. The summed E-state index contributed by atoms with van der Waals surface area (Å²) in [7, 11) is 0. The Balaban J connectivity index is 1.66. The fraction of sp³-hybridized carbons (Fsp3) is 0.483. The first kappa shape index (κ1) is 28.2. The summed E-state index contributed by atoms with van der Waals surface area (Å²) in [6.07, 6.45) is 1.27. The SMILES string of the molecule is Cc1nn(-c2ccccc2)c(Oc2ccc(F)cc2F)c1CN(CC(O)COC(C)(C)C)CC1CCCO1. The van der Waals surface area contributed by atoms with E-state index in [1.165, 1.54) is 6.07 Å². The predicted octanol–water partition coefficient (Wildman–Crippen LogP) is 5.41. The van der Waals surface area contributed by atoms with Crippen LogP contribution in [0, 0.1) is 18.6 Å². The highest BCUT2D eigenvalue weighted by Crippen LogP contribution is 2.33. The highest BCUT2D eigenvalue weighted by atomic mass is 19.1. The lowest BCUT2D eigenvalue weighted by atomic mass is 10.1. The Labute approximate surface area is 222 Å². The zero-order valence-electron chi connectivity index (χ0n) is 22.5. The van der Waals surface area contributed by atoms with Crippen molar-refractivity contribution in [3.8, 4) is 17.3 Å². The zero-order valence-corrected chi connectivity index (χ0v) is 22.5. The molecule has 0 bridgehead atoms. The van der Waals surface area contributed by atoms with Crippen LogP contribution in [-0.2, 0) is 16.0 Å². The number of halogens is 2. The van der Waals surface area contributed by atoms with Crippen LogP contribution in [0.25, 0.3) is 5.69 Å². The Morgan fingerprint density at radius 3 is 2.61 bits per heavy atom. The van der Waals surface area contributed by atoms with Crippen molar-refractivity contribution in [3.63, 3.8) is 0 Å². The van der Waals surface area contributed by atoms with E-state index in [-0.39, 0.29) is 24.1 Å². The minimum atomic E-state index is -0.805. The van der Waals surface area contributed by atoms with E-state index in [9.17, 15) is 13.9 Å². The van der Waals surface area contributed by atoms with Gasteiger partial charge in [0, 0.05) is 32.3 Å². The Bertz CT molecular complexity index is 1190. The molecule has 1 aliphatic heterocycles. The molecule has 4 rings (SSSR count). The molecule has 1 N–H and O–H groups in total. The van der Waals surface area contributed by atoms with Crippen molar-refractivity contribution in [2.45, 2.75) is 64.9 Å². The molecule has 3 aromatic rings. The van der Waals surface area contributed by atoms with E-state index in [1.54, 1.807) is 4.68 Å². The van der Waals surface area contributed by atoms with Crippen molar-refractivity contribution in [2.75, 3.05) is 26.3 Å². The van der Waals surface area contributed by atoms with Crippen molar-refractivity contribution < 1.29 is 28.1 Å². The number of aliphatic hydroxyl groups excluding tert-OH is 1. The Hall–Kier alpha value is -2.85. The predicted molar refractivity (Wildman–Crippen MR) is 141 cm³/mol. The van der Waals surface area contributed by atoms with Crippen molar-refractivity contribution in [3.05, 3.63) is 71.4 Å². The number of para-hydroxylation sites is 1. The summed E-state index contributed by atoms with van der Waals surface area (Å²) in [5, 5.41) is 15.5. The van der Waals surface area contributed by atoms with Gasteiger partial charge in [0.05, 0.1) is 41.4 Å². The van der Waals surface area contributed by atoms with Crippen LogP contribution < -0.4 is 4.74 Å². The van der Waals surface area contributed by atoms with E-state index < -0.39 is 17.7 Å². The number of aliphatic hydroxyl groups is 1. The van der Waals surface area contributed by atoms with Crippen LogP contribution in [0.2, 0.25) is 0 Å². The van der Waals surface area contributed by atoms with Gasteiger partial charge in [-0.25, -0.2) is 13.5 Å². The summed E-state index contributed by atoms with van der Waals surface area (Å²) in [4.78, 5) is 2.10. The molecule has 0 amide bonds. The molecule has 206 valence electrons. The maximum Gasteiger partial charge on any atom is 0.227 e. The molecule has 7 nitrogen and oxygen atoms in total. The molecule has 38 heavy (non-hydrogen) atoms. The number of nitrogens with zero attached hydrogens (tertiary/aromatic N) is 3. The van der Waals surface area contributed by atoms with Gasteiger partial charge in [-0.1, -0.05) is 18.2 Å². The van der Waals surface area contributed by atoms with Gasteiger partial charge in [-0.3, -0.25) is 4.90 Å². The second-order valence-corrected chi connectivity index (χ2v) is 10.7. The number of hydrogen-bond acceptors (Lipinski definition) is 6. The second kappa shape index (κ2) is 12.3. The van der Waals surface area contributed by atoms with Crippen LogP contribution in [0.15, 0.2) is 48.5 Å². The first-order valence-corrected chi connectivity index (χ1v) is 13.0. The topological polar surface area (TPSA) is 69.0 Å². The summed E-state index contributed by atoms with van der Waals surface area (Å²) in [6, 6.07) is 12.6. The van der Waals surface area contributed by atoms with Crippen molar-refractivity contribution in [2.24, 2.45) is 0 Å². The quantitative estimate of drug-likeness (QED) is 0.358. The zero-order chi connectivity index (χ0) is 27.3. The highest BCUT2D eigenvalue weighted by Gasteiger charge is 2.27. The average molecular weight is 530 g/mol. The van der Waals surface area contributed by atoms with Crippen LogP contribution in [0.3, 0.4) is 0 Å². The summed E-state index contributed by atoms with van der Waals surface area (Å²) < 4.78 is 47.6. The first-order chi connectivity index (χ1) is 18.1. The molecule has 2 aromatic carbocycles. The fourth-order valence-electron chi connectivity index (χ4n) is 4.43. The number of aryl methyl sites for hydroxylation is 1. The second-order valence-electron chi connectivity index (χ2n) is 10.7. The van der Waals surface area contributed by atoms with Gasteiger partial charge in [0.1, 0.15) is 5.82 Å². The van der Waals surface area contributed by atoms with Crippen molar-refractivity contribution in [1.29, 1.82) is 0 Å². The number of ether oxygens (including phenoxy) is 3. The smallest absolute Gasteiger partial charge is 0.227 e. The first-order valence-electron chi connectivity index (χ1n) is 13.0. The number of aromatic nitrogens is 2. The van der Waals surface area contributed by atoms with Crippen LogP contribution >= 0.6 is 0 Å². The van der Waals surface area contributed by atoms with E-state index in [0.29, 0.717) is 31.2 Å². The Morgan fingerprint density at radius 1 is 1.18 bits per heavy atom. The Kier molecular flexibility index (Phi) is 9.15. The number of benzene rings is 2. The summed E-state index contributed by atoms with van der Waals surface area (Å²) in [5.74, 6) is -1.26. The van der Waals surface area contributed by atoms with Gasteiger partial charge in [-0.15, -0.1) is 0 Å². The molecule has 9 heteroatoms. The fourth-order valence-corrected chi connectivity index (χ4v) is 4.43. The van der Waals surface area contributed by atoms with Gasteiger partial charge < -0.3 is 19.3 Å². The maximum atomic E-state index is 14.6. The van der Waals surface area contributed by atoms with Crippen molar-refractivity contribution in [1.82, 2.24) is 14.7 Å². The number of rotatable bonds is 11. The third kappa shape index (κ3) is 7.60. The monoisotopic (exact) mass is 529 g/mol. The number of hydrogen-bond donors (Lipinski definition) is 1. The van der Waals surface area contributed by atoms with E-state index in [1.807, 2.05) is 58.0 Å². The molecule has 0 spiro atoms. The molecule has 2 unspecified atom stereocenters.